The van der Waals surface area contributed by atoms with Crippen molar-refractivity contribution < 1.29 is 47.7 Å². The predicted octanol–water partition coefficient (Wildman–Crippen LogP) is 18.0. The summed E-state index contributed by atoms with van der Waals surface area (Å²) in [5.74, 6) is -2.63. The van der Waals surface area contributed by atoms with Gasteiger partial charge in [-0.2, -0.15) is 0 Å². The van der Waals surface area contributed by atoms with E-state index >= 15 is 28.8 Å². The molecule has 2 aliphatic rings. The second-order valence-electron chi connectivity index (χ2n) is 28.4. The molecule has 18 heteroatoms. The Kier molecular flexibility index (Phi) is 17.7. The summed E-state index contributed by atoms with van der Waals surface area (Å²) in [5.41, 5.74) is 10.7. The number of nitrogens with zero attached hydrogens (tertiary/aromatic N) is 6. The lowest BCUT2D eigenvalue weighted by molar-refractivity contribution is -0.120. The van der Waals surface area contributed by atoms with Gasteiger partial charge in [0.2, 0.25) is 11.8 Å². The molecule has 2 N–H and O–H groups in total. The molecule has 0 saturated heterocycles. The molecule has 2 unspecified atom stereocenters. The second-order valence-corrected chi connectivity index (χ2v) is 28.4. The van der Waals surface area contributed by atoms with Gasteiger partial charge < -0.3 is 39.4 Å². The monoisotopic (exact) mass is 1400 g/mol. The molecule has 18 nitrogen and oxygen atoms in total. The summed E-state index contributed by atoms with van der Waals surface area (Å²) < 4.78 is 29.6. The van der Waals surface area contributed by atoms with Gasteiger partial charge in [0.1, 0.15) is 58.1 Å². The number of aromatic nitrogens is 2. The molecule has 528 valence electrons. The highest BCUT2D eigenvalue weighted by Gasteiger charge is 2.47. The molecule has 2 aliphatic heterocycles. The van der Waals surface area contributed by atoms with Gasteiger partial charge in [-0.3, -0.25) is 48.5 Å². The third-order valence-electron chi connectivity index (χ3n) is 19.5. The fourth-order valence-electron chi connectivity index (χ4n) is 15.1. The van der Waals surface area contributed by atoms with Crippen LogP contribution in [0.3, 0.4) is 0 Å². The molecule has 0 radical (unpaired) electrons. The number of rotatable bonds is 20. The Hall–Kier alpha value is -13.0. The van der Waals surface area contributed by atoms with Crippen LogP contribution in [0.5, 0.6) is 46.0 Å². The lowest BCUT2D eigenvalue weighted by Gasteiger charge is -2.36. The quantitative estimate of drug-likeness (QED) is 0.0414. The van der Waals surface area contributed by atoms with Crippen LogP contribution in [0.1, 0.15) is 97.1 Å². The van der Waals surface area contributed by atoms with Crippen molar-refractivity contribution in [3.8, 4) is 46.0 Å². The number of carbonyl (C=O) groups is 6. The largest absolute Gasteiger partial charge is 0.457 e. The molecule has 0 bridgehead atoms. The summed E-state index contributed by atoms with van der Waals surface area (Å²) in [4.78, 5) is 112. The molecule has 0 saturated carbocycles. The number of benzene rings is 11. The zero-order valence-corrected chi connectivity index (χ0v) is 60.8. The average molecular weight is 1410 g/mol. The maximum atomic E-state index is 16.6. The number of hydrogen-bond acceptors (Lipinski definition) is 14. The third-order valence-corrected chi connectivity index (χ3v) is 19.5. The minimum absolute atomic E-state index is 0.00132. The topological polar surface area (TPSA) is 202 Å². The Morgan fingerprint density at radius 2 is 0.623 bits per heavy atom. The molecule has 15 rings (SSSR count). The van der Waals surface area contributed by atoms with Crippen LogP contribution < -0.4 is 39.4 Å². The van der Waals surface area contributed by atoms with Crippen LogP contribution in [0.2, 0.25) is 0 Å². The zero-order chi connectivity index (χ0) is 74.3. The Balaban J connectivity index is 1.08. The first-order valence-corrected chi connectivity index (χ1v) is 35.0. The number of amides is 6. The first kappa shape index (κ1) is 68.8. The number of carbonyl (C=O) groups excluding carboxylic acids is 6. The molecule has 0 aliphatic carbocycles. The Bertz CT molecular complexity index is 5130. The van der Waals surface area contributed by atoms with Crippen molar-refractivity contribution in [2.75, 3.05) is 48.6 Å². The first-order valence-electron chi connectivity index (χ1n) is 35.0. The van der Waals surface area contributed by atoms with Crippen LogP contribution in [0.15, 0.2) is 195 Å². The van der Waals surface area contributed by atoms with Crippen molar-refractivity contribution in [3.05, 3.63) is 273 Å². The van der Waals surface area contributed by atoms with Crippen LogP contribution in [0, 0.1) is 55.4 Å². The van der Waals surface area contributed by atoms with Crippen LogP contribution >= 0.6 is 0 Å². The van der Waals surface area contributed by atoms with Crippen LogP contribution in [0.4, 0.5) is 22.7 Å². The van der Waals surface area contributed by atoms with E-state index in [0.717, 1.165) is 65.7 Å². The molecule has 2 aromatic heterocycles. The van der Waals surface area contributed by atoms with Gasteiger partial charge in [0.15, 0.2) is 0 Å². The summed E-state index contributed by atoms with van der Waals surface area (Å²) in [7, 11) is 7.64. The van der Waals surface area contributed by atoms with E-state index < -0.39 is 47.5 Å². The second kappa shape index (κ2) is 27.3. The molecule has 0 fully saturated rings. The number of anilines is 4. The van der Waals surface area contributed by atoms with Crippen molar-refractivity contribution in [3.63, 3.8) is 0 Å². The Morgan fingerprint density at radius 3 is 0.858 bits per heavy atom. The lowest BCUT2D eigenvalue weighted by atomic mass is 9.80. The number of pyridine rings is 2. The van der Waals surface area contributed by atoms with E-state index in [-0.39, 0.29) is 79.6 Å². The molecule has 4 heterocycles. The highest BCUT2D eigenvalue weighted by atomic mass is 16.5. The number of nitrogens with one attached hydrogen (secondary N) is 2. The van der Waals surface area contributed by atoms with Crippen LogP contribution in [0.25, 0.3) is 43.1 Å². The van der Waals surface area contributed by atoms with Gasteiger partial charge in [-0.1, -0.05) is 36.4 Å². The predicted molar refractivity (Wildman–Crippen MR) is 415 cm³/mol. The van der Waals surface area contributed by atoms with Gasteiger partial charge in [0.25, 0.3) is 23.6 Å². The highest BCUT2D eigenvalue weighted by molar-refractivity contribution is 6.45. The number of ether oxygens (including phenoxy) is 4. The van der Waals surface area contributed by atoms with Crippen molar-refractivity contribution >= 4 is 101 Å². The highest BCUT2D eigenvalue weighted by Crippen LogP contribution is 2.58. The number of aryl methyl sites for hydroxylation is 8. The van der Waals surface area contributed by atoms with E-state index in [1.807, 2.05) is 190 Å². The normalized spacial score (nSPS) is 13.2. The van der Waals surface area contributed by atoms with E-state index in [1.165, 1.54) is 0 Å². The van der Waals surface area contributed by atoms with E-state index in [4.69, 9.17) is 18.9 Å². The number of imide groups is 2. The summed E-state index contributed by atoms with van der Waals surface area (Å²) in [6.07, 6.45) is 6.15. The van der Waals surface area contributed by atoms with Gasteiger partial charge in [-0.25, -0.2) is 0 Å². The minimum atomic E-state index is -1.48. The molecule has 0 spiro atoms. The van der Waals surface area contributed by atoms with E-state index in [2.05, 4.69) is 20.6 Å². The fraction of sp³-hybridized carbons (Fsp3) is 0.182. The van der Waals surface area contributed by atoms with Gasteiger partial charge in [-0.05, 0) is 244 Å². The maximum absolute atomic E-state index is 16.6. The van der Waals surface area contributed by atoms with Crippen molar-refractivity contribution in [2.24, 2.45) is 0 Å². The summed E-state index contributed by atoms with van der Waals surface area (Å²) in [6.45, 7) is 15.6. The maximum Gasteiger partial charge on any atom is 0.262 e. The SMILES string of the molecule is Cc1cc(C)cc(Oc2cc3c4c(cc(Oc5cc(C)cc(C)c5)c5c6c(Oc7cc(C)cc(C)c7)cc7c8c(cc(Oc9cc(C)cc(C)c9)c(c2c45)c86)C(=O)N(C(Cc2cccnc2)C(=O)Nc2ccc(N(C)C)cc2)C7=O)C(=O)N(C(Cc2cccnc2)C(=O)Nc2ccc(N(C)C)cc2)C3=O)c1. The third kappa shape index (κ3) is 12.9. The van der Waals surface area contributed by atoms with Gasteiger partial charge in [0, 0.05) is 132 Å². The van der Waals surface area contributed by atoms with Crippen LogP contribution in [-0.4, -0.2) is 95.5 Å². The molecule has 6 amide bonds. The molecular formula is C88H76N8O10. The average Bonchev–Trinajstić information content (AvgIpc) is 0.670. The number of fused-ring (bicyclic) bond motifs is 2. The van der Waals surface area contributed by atoms with Gasteiger partial charge in [-0.15, -0.1) is 0 Å². The van der Waals surface area contributed by atoms with Crippen molar-refractivity contribution in [1.29, 1.82) is 0 Å². The standard InChI is InChI=1S/C88H76N8O10/c1-47-27-48(2)32-61(31-47)103-71-41-65-75-66(86(100)95(85(65)99)69(39-55-15-13-25-89-45-55)83(97)91-57-17-21-59(22-18-57)93(9)10)43-73(105-63-35-51(5)29-52(6)36-63)79-80-74(106-64-37-53(7)30-54(8)38-64)44-68-76-67(42-72(78(82(76)80)77(71)81(75)79)104-62-33-49(3)28-50(4)34-62)87(101)96(88(68)102)70(40-56-16-14-26-90-46-56)84(98)92-58-19-23-60(24-20-58)94(11)12/h13-38,41-46,69-70H,39-40H2,1-12H3,(H,91,97)(H,92,98). The summed E-state index contributed by atoms with van der Waals surface area (Å²) >= 11 is 0. The van der Waals surface area contributed by atoms with E-state index in [1.54, 1.807) is 97.6 Å². The van der Waals surface area contributed by atoms with Gasteiger partial charge >= 0.3 is 0 Å². The van der Waals surface area contributed by atoms with Crippen LogP contribution in [-0.2, 0) is 22.4 Å². The molecule has 11 aromatic carbocycles. The first-order chi connectivity index (χ1) is 50.9. The summed E-state index contributed by atoms with van der Waals surface area (Å²) in [6, 6.07) is 48.0. The lowest BCUT2D eigenvalue weighted by Crippen LogP contribution is -2.53. The Morgan fingerprint density at radius 1 is 0.358 bits per heavy atom. The smallest absolute Gasteiger partial charge is 0.262 e. The van der Waals surface area contributed by atoms with E-state index in [9.17, 15) is 0 Å². The molecule has 13 aromatic rings. The Labute approximate surface area is 613 Å². The summed E-state index contributed by atoms with van der Waals surface area (Å²) in [5, 5.41) is 8.21. The van der Waals surface area contributed by atoms with Crippen molar-refractivity contribution in [1.82, 2.24) is 19.8 Å². The molecule has 2 atom stereocenters. The number of hydrogen-bond donors (Lipinski definition) is 2. The van der Waals surface area contributed by atoms with Crippen molar-refractivity contribution in [2.45, 2.75) is 80.3 Å². The fourth-order valence-corrected chi connectivity index (χ4v) is 15.1. The minimum Gasteiger partial charge on any atom is -0.457 e. The zero-order valence-electron chi connectivity index (χ0n) is 60.8. The molecular weight excluding hydrogens is 1330 g/mol. The van der Waals surface area contributed by atoms with E-state index in [0.29, 0.717) is 67.0 Å². The van der Waals surface area contributed by atoms with Gasteiger partial charge in [0.05, 0.1) is 22.3 Å². The molecule has 106 heavy (non-hydrogen) atoms.